The second kappa shape index (κ2) is 10.6. The van der Waals surface area contributed by atoms with E-state index in [2.05, 4.69) is 0 Å². The molecule has 32 heavy (non-hydrogen) atoms. The van der Waals surface area contributed by atoms with Crippen molar-refractivity contribution in [1.29, 1.82) is 0 Å². The van der Waals surface area contributed by atoms with Gasteiger partial charge in [0.1, 0.15) is 0 Å². The van der Waals surface area contributed by atoms with Crippen molar-refractivity contribution in [1.82, 2.24) is 0 Å². The number of benzene rings is 2. The van der Waals surface area contributed by atoms with Crippen LogP contribution in [0.15, 0.2) is 36.4 Å². The molecule has 7 heteroatoms. The van der Waals surface area contributed by atoms with Gasteiger partial charge in [0.2, 0.25) is 0 Å². The molecule has 1 saturated heterocycles. The smallest absolute Gasteiger partial charge is 0.308 e. The summed E-state index contributed by atoms with van der Waals surface area (Å²) >= 11 is 0. The van der Waals surface area contributed by atoms with E-state index in [1.807, 2.05) is 26.0 Å². The Balaban J connectivity index is 1.84. The van der Waals surface area contributed by atoms with Gasteiger partial charge in [0.05, 0.1) is 39.5 Å². The summed E-state index contributed by atoms with van der Waals surface area (Å²) in [6.07, 6.45) is 1.08. The number of carbonyl (C=O) groups is 1. The molecule has 2 aromatic carbocycles. The summed E-state index contributed by atoms with van der Waals surface area (Å²) in [4.78, 5) is 12.3. The van der Waals surface area contributed by atoms with Crippen LogP contribution in [0.2, 0.25) is 0 Å². The van der Waals surface area contributed by atoms with E-state index in [0.29, 0.717) is 24.5 Å². The number of esters is 1. The lowest BCUT2D eigenvalue weighted by Crippen LogP contribution is -2.26. The van der Waals surface area contributed by atoms with Crippen LogP contribution in [0, 0.1) is 17.8 Å². The zero-order valence-corrected chi connectivity index (χ0v) is 19.0. The van der Waals surface area contributed by atoms with Crippen molar-refractivity contribution >= 4 is 5.97 Å². The molecule has 1 aliphatic heterocycles. The van der Waals surface area contributed by atoms with Gasteiger partial charge in [0.25, 0.3) is 0 Å². The molecule has 1 aliphatic rings. The van der Waals surface area contributed by atoms with E-state index >= 15 is 0 Å². The topological polar surface area (TPSA) is 94.5 Å². The second-order valence-corrected chi connectivity index (χ2v) is 8.26. The summed E-state index contributed by atoms with van der Waals surface area (Å²) in [6, 6.07) is 10.4. The number of ether oxygens (including phenoxy) is 4. The van der Waals surface area contributed by atoms with Crippen LogP contribution < -0.4 is 9.47 Å². The average molecular weight is 445 g/mol. The summed E-state index contributed by atoms with van der Waals surface area (Å²) in [5.41, 5.74) is 1.85. The number of carbonyl (C=O) groups excluding carboxylic acids is 1. The minimum atomic E-state index is -0.307. The van der Waals surface area contributed by atoms with Crippen molar-refractivity contribution in [2.45, 2.75) is 32.8 Å². The molecule has 1 heterocycles. The Hall–Kier alpha value is -2.93. The van der Waals surface area contributed by atoms with Gasteiger partial charge in [-0.2, -0.15) is 0 Å². The Morgan fingerprint density at radius 1 is 1.09 bits per heavy atom. The molecule has 4 atom stereocenters. The highest BCUT2D eigenvalue weighted by atomic mass is 16.5. The lowest BCUT2D eigenvalue weighted by molar-refractivity contribution is -0.150. The normalized spacial score (nSPS) is 21.2. The third kappa shape index (κ3) is 5.27. The van der Waals surface area contributed by atoms with Crippen LogP contribution in [0.25, 0.3) is 0 Å². The SMILES string of the molecule is CCC(C)C(=O)OCC1C(Cc2ccc(O)c(OC)c2)COC1c1ccc(O)c(OC)c1. The third-order valence-electron chi connectivity index (χ3n) is 6.19. The van der Waals surface area contributed by atoms with Crippen LogP contribution >= 0.6 is 0 Å². The predicted molar refractivity (Wildman–Crippen MR) is 119 cm³/mol. The lowest BCUT2D eigenvalue weighted by atomic mass is 9.84. The summed E-state index contributed by atoms with van der Waals surface area (Å²) in [5.74, 6) is 0.551. The van der Waals surface area contributed by atoms with E-state index in [-0.39, 0.29) is 47.9 Å². The molecule has 0 spiro atoms. The highest BCUT2D eigenvalue weighted by Gasteiger charge is 2.39. The number of methoxy groups -OCH3 is 2. The Morgan fingerprint density at radius 3 is 2.41 bits per heavy atom. The Bertz CT molecular complexity index is 927. The molecule has 0 radical (unpaired) electrons. The van der Waals surface area contributed by atoms with Crippen molar-refractivity contribution < 1.29 is 34.0 Å². The summed E-state index contributed by atoms with van der Waals surface area (Å²) in [7, 11) is 3.02. The molecule has 4 unspecified atom stereocenters. The molecule has 3 rings (SSSR count). The molecule has 0 aliphatic carbocycles. The second-order valence-electron chi connectivity index (χ2n) is 8.26. The molecule has 7 nitrogen and oxygen atoms in total. The highest BCUT2D eigenvalue weighted by Crippen LogP contribution is 2.43. The largest absolute Gasteiger partial charge is 0.504 e. The van der Waals surface area contributed by atoms with Gasteiger partial charge in [-0.25, -0.2) is 0 Å². The summed E-state index contributed by atoms with van der Waals surface area (Å²) in [5, 5.41) is 19.9. The molecule has 2 N–H and O–H groups in total. The van der Waals surface area contributed by atoms with Crippen molar-refractivity contribution in [3.8, 4) is 23.0 Å². The molecule has 2 aromatic rings. The van der Waals surface area contributed by atoms with Crippen LogP contribution in [0.1, 0.15) is 37.5 Å². The van der Waals surface area contributed by atoms with Gasteiger partial charge in [-0.05, 0) is 54.2 Å². The summed E-state index contributed by atoms with van der Waals surface area (Å²) < 4.78 is 22.3. The molecule has 0 aromatic heterocycles. The van der Waals surface area contributed by atoms with Crippen molar-refractivity contribution in [2.75, 3.05) is 27.4 Å². The fraction of sp³-hybridized carbons (Fsp3) is 0.480. The van der Waals surface area contributed by atoms with Gasteiger partial charge in [0.15, 0.2) is 23.0 Å². The van der Waals surface area contributed by atoms with Gasteiger partial charge in [-0.1, -0.05) is 26.0 Å². The molecule has 1 fully saturated rings. The Kier molecular flexibility index (Phi) is 7.85. The van der Waals surface area contributed by atoms with E-state index in [1.54, 1.807) is 24.3 Å². The molecule has 0 bridgehead atoms. The van der Waals surface area contributed by atoms with Crippen molar-refractivity contribution in [3.63, 3.8) is 0 Å². The minimum absolute atomic E-state index is 0.0572. The van der Waals surface area contributed by atoms with Crippen LogP contribution in [0.5, 0.6) is 23.0 Å². The fourth-order valence-electron chi connectivity index (χ4n) is 4.01. The fourth-order valence-corrected chi connectivity index (χ4v) is 4.01. The Labute approximate surface area is 188 Å². The monoisotopic (exact) mass is 444 g/mol. The molecular weight excluding hydrogens is 412 g/mol. The maximum atomic E-state index is 12.3. The van der Waals surface area contributed by atoms with E-state index in [9.17, 15) is 15.0 Å². The lowest BCUT2D eigenvalue weighted by Gasteiger charge is -2.24. The van der Waals surface area contributed by atoms with Gasteiger partial charge in [-0.3, -0.25) is 4.79 Å². The van der Waals surface area contributed by atoms with Gasteiger partial charge >= 0.3 is 5.97 Å². The molecular formula is C25H32O7. The zero-order chi connectivity index (χ0) is 23.3. The van der Waals surface area contributed by atoms with Crippen LogP contribution in [-0.4, -0.2) is 43.6 Å². The first kappa shape index (κ1) is 23.7. The zero-order valence-electron chi connectivity index (χ0n) is 19.0. The van der Waals surface area contributed by atoms with E-state index in [1.165, 1.54) is 14.2 Å². The van der Waals surface area contributed by atoms with E-state index in [0.717, 1.165) is 17.5 Å². The van der Waals surface area contributed by atoms with E-state index in [4.69, 9.17) is 18.9 Å². The first-order chi connectivity index (χ1) is 15.4. The molecule has 174 valence electrons. The maximum Gasteiger partial charge on any atom is 0.308 e. The van der Waals surface area contributed by atoms with Crippen LogP contribution in [-0.2, 0) is 20.7 Å². The van der Waals surface area contributed by atoms with Gasteiger partial charge in [0, 0.05) is 5.92 Å². The number of hydrogen-bond donors (Lipinski definition) is 2. The van der Waals surface area contributed by atoms with E-state index < -0.39 is 0 Å². The molecule has 0 amide bonds. The van der Waals surface area contributed by atoms with Crippen LogP contribution in [0.4, 0.5) is 0 Å². The number of phenols is 2. The number of aromatic hydroxyl groups is 2. The quantitative estimate of drug-likeness (QED) is 0.558. The minimum Gasteiger partial charge on any atom is -0.504 e. The van der Waals surface area contributed by atoms with Gasteiger partial charge in [-0.15, -0.1) is 0 Å². The van der Waals surface area contributed by atoms with Gasteiger partial charge < -0.3 is 29.2 Å². The van der Waals surface area contributed by atoms with Crippen LogP contribution in [0.3, 0.4) is 0 Å². The predicted octanol–water partition coefficient (Wildman–Crippen LogP) is 4.25. The van der Waals surface area contributed by atoms with Crippen molar-refractivity contribution in [3.05, 3.63) is 47.5 Å². The first-order valence-corrected chi connectivity index (χ1v) is 10.9. The highest BCUT2D eigenvalue weighted by molar-refractivity contribution is 5.71. The van der Waals surface area contributed by atoms with Crippen molar-refractivity contribution in [2.24, 2.45) is 17.8 Å². The first-order valence-electron chi connectivity index (χ1n) is 10.9. The number of hydrogen-bond acceptors (Lipinski definition) is 7. The number of rotatable bonds is 9. The standard InChI is InChI=1S/C25H32O7/c1-5-15(2)25(28)32-14-19-18(10-16-6-8-20(26)22(11-16)29-3)13-31-24(19)17-7-9-21(27)23(12-17)30-4/h6-9,11-12,15,18-19,24,26-27H,5,10,13-14H2,1-4H3. The Morgan fingerprint density at radius 2 is 1.75 bits per heavy atom. The molecule has 0 saturated carbocycles. The third-order valence-corrected chi connectivity index (χ3v) is 6.19. The average Bonchev–Trinajstić information content (AvgIpc) is 3.20. The number of phenolic OH excluding ortho intramolecular Hbond substituents is 2. The maximum absolute atomic E-state index is 12.3. The summed E-state index contributed by atoms with van der Waals surface area (Å²) in [6.45, 7) is 4.53.